The molecule has 0 saturated carbocycles. The van der Waals surface area contributed by atoms with E-state index < -0.39 is 0 Å². The Morgan fingerprint density at radius 3 is 3.00 bits per heavy atom. The maximum absolute atomic E-state index is 5.63. The third-order valence-corrected chi connectivity index (χ3v) is 3.23. The van der Waals surface area contributed by atoms with Gasteiger partial charge in [-0.05, 0) is 32.6 Å². The summed E-state index contributed by atoms with van der Waals surface area (Å²) >= 11 is 0. The lowest BCUT2D eigenvalue weighted by Gasteiger charge is -2.19. The predicted octanol–water partition coefficient (Wildman–Crippen LogP) is 0.876. The van der Waals surface area contributed by atoms with Crippen molar-refractivity contribution < 1.29 is 4.42 Å². The number of hydrogen-bond acceptors (Lipinski definition) is 4. The summed E-state index contributed by atoms with van der Waals surface area (Å²) in [5, 5.41) is 0. The molecule has 1 aromatic rings. The van der Waals surface area contributed by atoms with E-state index in [-0.39, 0.29) is 0 Å². The van der Waals surface area contributed by atoms with Crippen molar-refractivity contribution in [3.8, 4) is 0 Å². The summed E-state index contributed by atoms with van der Waals surface area (Å²) in [6, 6.07) is 2.04. The molecule has 4 nitrogen and oxygen atoms in total. The van der Waals surface area contributed by atoms with Gasteiger partial charge in [-0.2, -0.15) is 0 Å². The Hall–Kier alpha value is -0.840. The molecule has 16 heavy (non-hydrogen) atoms. The van der Waals surface area contributed by atoms with Gasteiger partial charge in [0.25, 0.3) is 0 Å². The molecule has 0 unspecified atom stereocenters. The fraction of sp³-hybridized carbons (Fsp3) is 0.667. The molecule has 0 spiro atoms. The molecule has 0 amide bonds. The van der Waals surface area contributed by atoms with Gasteiger partial charge >= 0.3 is 0 Å². The summed E-state index contributed by atoms with van der Waals surface area (Å²) < 4.78 is 5.35. The van der Waals surface area contributed by atoms with Crippen LogP contribution in [0.1, 0.15) is 17.7 Å². The van der Waals surface area contributed by atoms with E-state index in [2.05, 4.69) is 16.8 Å². The van der Waals surface area contributed by atoms with E-state index in [4.69, 9.17) is 10.2 Å². The Kier molecular flexibility index (Phi) is 3.98. The fourth-order valence-electron chi connectivity index (χ4n) is 2.19. The molecular weight excluding hydrogens is 202 g/mol. The Morgan fingerprint density at radius 1 is 1.31 bits per heavy atom. The number of nitrogens with two attached hydrogens (primary N) is 1. The van der Waals surface area contributed by atoms with Crippen molar-refractivity contribution in [3.05, 3.63) is 23.7 Å². The Bertz CT molecular complexity index is 324. The van der Waals surface area contributed by atoms with Gasteiger partial charge in [-0.3, -0.25) is 4.90 Å². The van der Waals surface area contributed by atoms with Gasteiger partial charge in [-0.1, -0.05) is 0 Å². The number of furan rings is 1. The molecule has 0 bridgehead atoms. The van der Waals surface area contributed by atoms with Gasteiger partial charge in [-0.25, -0.2) is 0 Å². The first kappa shape index (κ1) is 11.6. The van der Waals surface area contributed by atoms with Gasteiger partial charge in [0.2, 0.25) is 0 Å². The monoisotopic (exact) mass is 223 g/mol. The van der Waals surface area contributed by atoms with Crippen LogP contribution in [0.2, 0.25) is 0 Å². The molecule has 1 saturated heterocycles. The van der Waals surface area contributed by atoms with Gasteiger partial charge in [0.05, 0.1) is 12.8 Å². The van der Waals surface area contributed by atoms with Crippen molar-refractivity contribution in [3.63, 3.8) is 0 Å². The number of hydrogen-bond donors (Lipinski definition) is 1. The van der Waals surface area contributed by atoms with E-state index in [9.17, 15) is 0 Å². The van der Waals surface area contributed by atoms with E-state index in [1.165, 1.54) is 25.1 Å². The summed E-state index contributed by atoms with van der Waals surface area (Å²) in [6.45, 7) is 6.11. The standard InChI is InChI=1S/C12H21N3O/c1-14-4-2-5-15(7-6-14)10-11-3-8-16-12(11)9-13/h3,8H,2,4-7,9-10,13H2,1H3. The molecule has 0 radical (unpaired) electrons. The van der Waals surface area contributed by atoms with Crippen LogP contribution >= 0.6 is 0 Å². The van der Waals surface area contributed by atoms with Crippen molar-refractivity contribution in [1.82, 2.24) is 9.80 Å². The predicted molar refractivity (Wildman–Crippen MR) is 64.0 cm³/mol. The minimum Gasteiger partial charge on any atom is -0.468 e. The molecule has 0 atom stereocenters. The van der Waals surface area contributed by atoms with Crippen LogP contribution in [0, 0.1) is 0 Å². The van der Waals surface area contributed by atoms with E-state index >= 15 is 0 Å². The molecule has 90 valence electrons. The van der Waals surface area contributed by atoms with Gasteiger partial charge in [0.15, 0.2) is 0 Å². The van der Waals surface area contributed by atoms with E-state index in [1.54, 1.807) is 6.26 Å². The van der Waals surface area contributed by atoms with Gasteiger partial charge in [0, 0.05) is 25.2 Å². The van der Waals surface area contributed by atoms with Crippen LogP contribution in [-0.2, 0) is 13.1 Å². The van der Waals surface area contributed by atoms with Crippen molar-refractivity contribution in [2.75, 3.05) is 33.2 Å². The number of likely N-dealkylation sites (N-methyl/N-ethyl adjacent to an activating group) is 1. The molecule has 2 rings (SSSR count). The molecule has 1 aliphatic heterocycles. The second-order valence-corrected chi connectivity index (χ2v) is 4.51. The van der Waals surface area contributed by atoms with Gasteiger partial charge in [-0.15, -0.1) is 0 Å². The first-order chi connectivity index (χ1) is 7.79. The molecule has 2 N–H and O–H groups in total. The van der Waals surface area contributed by atoms with E-state index in [0.29, 0.717) is 6.54 Å². The second-order valence-electron chi connectivity index (χ2n) is 4.51. The smallest absolute Gasteiger partial charge is 0.121 e. The lowest BCUT2D eigenvalue weighted by Crippen LogP contribution is -2.28. The van der Waals surface area contributed by atoms with Crippen LogP contribution in [0.3, 0.4) is 0 Å². The first-order valence-corrected chi connectivity index (χ1v) is 5.96. The maximum atomic E-state index is 5.63. The highest BCUT2D eigenvalue weighted by Gasteiger charge is 2.14. The quantitative estimate of drug-likeness (QED) is 0.826. The Balaban J connectivity index is 1.93. The fourth-order valence-corrected chi connectivity index (χ4v) is 2.19. The topological polar surface area (TPSA) is 45.6 Å². The highest BCUT2D eigenvalue weighted by atomic mass is 16.3. The third kappa shape index (κ3) is 2.84. The average Bonchev–Trinajstić information content (AvgIpc) is 2.63. The van der Waals surface area contributed by atoms with Crippen LogP contribution in [0.5, 0.6) is 0 Å². The summed E-state index contributed by atoms with van der Waals surface area (Å²) in [4.78, 5) is 4.87. The largest absolute Gasteiger partial charge is 0.468 e. The van der Waals surface area contributed by atoms with Crippen molar-refractivity contribution in [2.24, 2.45) is 5.73 Å². The molecule has 0 aromatic carbocycles. The van der Waals surface area contributed by atoms with Crippen molar-refractivity contribution in [1.29, 1.82) is 0 Å². The van der Waals surface area contributed by atoms with Crippen molar-refractivity contribution >= 4 is 0 Å². The van der Waals surface area contributed by atoms with Crippen molar-refractivity contribution in [2.45, 2.75) is 19.5 Å². The number of nitrogens with zero attached hydrogens (tertiary/aromatic N) is 2. The highest BCUT2D eigenvalue weighted by Crippen LogP contribution is 2.14. The SMILES string of the molecule is CN1CCCN(Cc2ccoc2CN)CC1. The summed E-state index contributed by atoms with van der Waals surface area (Å²) in [5.74, 6) is 0.928. The summed E-state index contributed by atoms with van der Waals surface area (Å²) in [5.41, 5.74) is 6.88. The molecule has 0 aliphatic carbocycles. The average molecular weight is 223 g/mol. The van der Waals surface area contributed by atoms with Gasteiger partial charge in [0.1, 0.15) is 5.76 Å². The lowest BCUT2D eigenvalue weighted by atomic mass is 10.2. The zero-order valence-corrected chi connectivity index (χ0v) is 9.98. The minimum absolute atomic E-state index is 0.496. The third-order valence-electron chi connectivity index (χ3n) is 3.23. The van der Waals surface area contributed by atoms with E-state index in [1.807, 2.05) is 6.07 Å². The normalized spacial score (nSPS) is 19.9. The Morgan fingerprint density at radius 2 is 2.19 bits per heavy atom. The second kappa shape index (κ2) is 5.48. The summed E-state index contributed by atoms with van der Waals surface area (Å²) in [7, 11) is 2.19. The summed E-state index contributed by atoms with van der Waals surface area (Å²) in [6.07, 6.45) is 2.98. The highest BCUT2D eigenvalue weighted by molar-refractivity contribution is 5.16. The zero-order chi connectivity index (χ0) is 11.4. The minimum atomic E-state index is 0.496. The van der Waals surface area contributed by atoms with Crippen LogP contribution in [0.15, 0.2) is 16.7 Å². The first-order valence-electron chi connectivity index (χ1n) is 5.96. The lowest BCUT2D eigenvalue weighted by molar-refractivity contribution is 0.267. The number of rotatable bonds is 3. The van der Waals surface area contributed by atoms with Crippen LogP contribution in [0.25, 0.3) is 0 Å². The molecule has 4 heteroatoms. The van der Waals surface area contributed by atoms with E-state index in [0.717, 1.165) is 25.4 Å². The molecule has 2 heterocycles. The van der Waals surface area contributed by atoms with Crippen LogP contribution in [-0.4, -0.2) is 43.0 Å². The van der Waals surface area contributed by atoms with Gasteiger partial charge < -0.3 is 15.1 Å². The zero-order valence-electron chi connectivity index (χ0n) is 9.98. The molecule has 1 fully saturated rings. The molecular formula is C12H21N3O. The van der Waals surface area contributed by atoms with Crippen LogP contribution in [0.4, 0.5) is 0 Å². The molecule has 1 aromatic heterocycles. The maximum Gasteiger partial charge on any atom is 0.121 e. The Labute approximate surface area is 97.0 Å². The van der Waals surface area contributed by atoms with Crippen LogP contribution < -0.4 is 5.73 Å². The molecule has 1 aliphatic rings.